The van der Waals surface area contributed by atoms with Gasteiger partial charge in [-0.3, -0.25) is 4.90 Å². The highest BCUT2D eigenvalue weighted by Gasteiger charge is 2.14. The van der Waals surface area contributed by atoms with Crippen molar-refractivity contribution in [2.24, 2.45) is 0 Å². The van der Waals surface area contributed by atoms with Gasteiger partial charge in [-0.05, 0) is 24.3 Å². The Morgan fingerprint density at radius 1 is 1.04 bits per heavy atom. The van der Waals surface area contributed by atoms with E-state index in [4.69, 9.17) is 19.4 Å². The van der Waals surface area contributed by atoms with E-state index in [1.165, 1.54) is 0 Å². The molecule has 0 bridgehead atoms. The summed E-state index contributed by atoms with van der Waals surface area (Å²) in [6.45, 7) is 5.39. The summed E-state index contributed by atoms with van der Waals surface area (Å²) in [5.74, 6) is 2.29. The topological polar surface area (TPSA) is 59.5 Å². The summed E-state index contributed by atoms with van der Waals surface area (Å²) in [4.78, 5) is 12.0. The molecule has 1 aliphatic rings. The number of anilines is 1. The molecule has 0 spiro atoms. The lowest BCUT2D eigenvalue weighted by molar-refractivity contribution is 0.0398. The Labute approximate surface area is 159 Å². The lowest BCUT2D eigenvalue weighted by Gasteiger charge is -2.26. The molecule has 27 heavy (non-hydrogen) atoms. The molecule has 2 aromatic carbocycles. The third-order valence-corrected chi connectivity index (χ3v) is 4.78. The molecular weight excluding hydrogens is 340 g/mol. The first-order chi connectivity index (χ1) is 13.3. The SMILES string of the molecule is COc1ccccc1-c1nc(NCCN2CCOCC2)c2ccccc2n1. The largest absolute Gasteiger partial charge is 0.496 e. The molecule has 0 unspecified atom stereocenters. The number of para-hydroxylation sites is 2. The Balaban J connectivity index is 1.62. The second-order valence-corrected chi connectivity index (χ2v) is 6.49. The van der Waals surface area contributed by atoms with Crippen molar-refractivity contribution in [1.29, 1.82) is 0 Å². The van der Waals surface area contributed by atoms with Crippen molar-refractivity contribution in [3.63, 3.8) is 0 Å². The van der Waals surface area contributed by atoms with Crippen LogP contribution in [0.25, 0.3) is 22.3 Å². The maximum Gasteiger partial charge on any atom is 0.165 e. The van der Waals surface area contributed by atoms with Gasteiger partial charge in [-0.15, -0.1) is 0 Å². The van der Waals surface area contributed by atoms with Crippen LogP contribution >= 0.6 is 0 Å². The van der Waals surface area contributed by atoms with Crippen LogP contribution in [0.4, 0.5) is 5.82 Å². The maximum atomic E-state index is 5.49. The predicted molar refractivity (Wildman–Crippen MR) is 107 cm³/mol. The van der Waals surface area contributed by atoms with Crippen LogP contribution < -0.4 is 10.1 Å². The molecule has 1 saturated heterocycles. The van der Waals surface area contributed by atoms with Crippen LogP contribution in [-0.4, -0.2) is 61.4 Å². The highest BCUT2D eigenvalue weighted by atomic mass is 16.5. The van der Waals surface area contributed by atoms with E-state index in [0.717, 1.165) is 67.4 Å². The number of ether oxygens (including phenoxy) is 2. The van der Waals surface area contributed by atoms with Crippen LogP contribution in [0.5, 0.6) is 5.75 Å². The lowest BCUT2D eigenvalue weighted by atomic mass is 10.1. The summed E-state index contributed by atoms with van der Waals surface area (Å²) < 4.78 is 10.9. The van der Waals surface area contributed by atoms with Crippen molar-refractivity contribution >= 4 is 16.7 Å². The van der Waals surface area contributed by atoms with Gasteiger partial charge in [-0.2, -0.15) is 0 Å². The number of morpholine rings is 1. The Kier molecular flexibility index (Phi) is 5.46. The zero-order valence-electron chi connectivity index (χ0n) is 15.5. The standard InChI is InChI=1S/C21H24N4O2/c1-26-19-9-5-3-7-17(19)21-23-18-8-4-2-6-16(18)20(24-21)22-10-11-25-12-14-27-15-13-25/h2-9H,10-15H2,1H3,(H,22,23,24). The number of hydrogen-bond donors (Lipinski definition) is 1. The Morgan fingerprint density at radius 2 is 1.81 bits per heavy atom. The van der Waals surface area contributed by atoms with Gasteiger partial charge in [-0.25, -0.2) is 9.97 Å². The van der Waals surface area contributed by atoms with E-state index in [0.29, 0.717) is 5.82 Å². The Morgan fingerprint density at radius 3 is 2.67 bits per heavy atom. The summed E-state index contributed by atoms with van der Waals surface area (Å²) in [6.07, 6.45) is 0. The van der Waals surface area contributed by atoms with Gasteiger partial charge in [0, 0.05) is 31.6 Å². The summed E-state index contributed by atoms with van der Waals surface area (Å²) in [6, 6.07) is 15.9. The number of nitrogens with one attached hydrogen (secondary N) is 1. The average Bonchev–Trinajstić information content (AvgIpc) is 2.74. The minimum absolute atomic E-state index is 0.667. The molecule has 0 saturated carbocycles. The van der Waals surface area contributed by atoms with Gasteiger partial charge >= 0.3 is 0 Å². The van der Waals surface area contributed by atoms with E-state index in [-0.39, 0.29) is 0 Å². The van der Waals surface area contributed by atoms with Gasteiger partial charge in [0.1, 0.15) is 11.6 Å². The quantitative estimate of drug-likeness (QED) is 0.725. The fourth-order valence-corrected chi connectivity index (χ4v) is 3.32. The van der Waals surface area contributed by atoms with Crippen molar-refractivity contribution in [3.8, 4) is 17.1 Å². The monoisotopic (exact) mass is 364 g/mol. The summed E-state index contributed by atoms with van der Waals surface area (Å²) in [5.41, 5.74) is 1.81. The van der Waals surface area contributed by atoms with Crippen LogP contribution in [0.2, 0.25) is 0 Å². The maximum absolute atomic E-state index is 5.49. The molecule has 3 aromatic rings. The third kappa shape index (κ3) is 4.02. The number of aromatic nitrogens is 2. The van der Waals surface area contributed by atoms with E-state index < -0.39 is 0 Å². The van der Waals surface area contributed by atoms with Crippen LogP contribution in [0.1, 0.15) is 0 Å². The van der Waals surface area contributed by atoms with Crippen LogP contribution in [-0.2, 0) is 4.74 Å². The molecule has 1 aliphatic heterocycles. The molecule has 140 valence electrons. The number of benzene rings is 2. The van der Waals surface area contributed by atoms with Crippen molar-refractivity contribution in [1.82, 2.24) is 14.9 Å². The van der Waals surface area contributed by atoms with Gasteiger partial charge in [0.25, 0.3) is 0 Å². The van der Waals surface area contributed by atoms with Crippen LogP contribution in [0.3, 0.4) is 0 Å². The zero-order valence-corrected chi connectivity index (χ0v) is 15.5. The summed E-state index contributed by atoms with van der Waals surface area (Å²) >= 11 is 0. The molecule has 1 aromatic heterocycles. The Bertz CT molecular complexity index is 910. The second-order valence-electron chi connectivity index (χ2n) is 6.49. The highest BCUT2D eigenvalue weighted by molar-refractivity contribution is 5.90. The van der Waals surface area contributed by atoms with E-state index >= 15 is 0 Å². The third-order valence-electron chi connectivity index (χ3n) is 4.78. The van der Waals surface area contributed by atoms with Gasteiger partial charge in [0.05, 0.1) is 31.4 Å². The van der Waals surface area contributed by atoms with Crippen LogP contribution in [0, 0.1) is 0 Å². The Hall–Kier alpha value is -2.70. The molecule has 6 nitrogen and oxygen atoms in total. The molecule has 1 N–H and O–H groups in total. The van der Waals surface area contributed by atoms with Crippen molar-refractivity contribution in [3.05, 3.63) is 48.5 Å². The second kappa shape index (κ2) is 8.33. The van der Waals surface area contributed by atoms with Crippen molar-refractivity contribution < 1.29 is 9.47 Å². The number of fused-ring (bicyclic) bond motifs is 1. The minimum Gasteiger partial charge on any atom is -0.496 e. The molecule has 0 atom stereocenters. The minimum atomic E-state index is 0.667. The highest BCUT2D eigenvalue weighted by Crippen LogP contribution is 2.30. The first kappa shape index (κ1) is 17.7. The fourth-order valence-electron chi connectivity index (χ4n) is 3.32. The number of hydrogen-bond acceptors (Lipinski definition) is 6. The normalized spacial score (nSPS) is 15.0. The van der Waals surface area contributed by atoms with Gasteiger partial charge in [0.2, 0.25) is 0 Å². The summed E-state index contributed by atoms with van der Waals surface area (Å²) in [5, 5.41) is 4.53. The molecule has 6 heteroatoms. The molecule has 1 fully saturated rings. The molecule has 0 aliphatic carbocycles. The van der Waals surface area contributed by atoms with E-state index in [2.05, 4.69) is 16.3 Å². The zero-order chi connectivity index (χ0) is 18.5. The first-order valence-corrected chi connectivity index (χ1v) is 9.29. The molecule has 2 heterocycles. The molecular formula is C21H24N4O2. The van der Waals surface area contributed by atoms with Crippen molar-refractivity contribution in [2.75, 3.05) is 51.8 Å². The average molecular weight is 364 g/mol. The van der Waals surface area contributed by atoms with E-state index in [1.807, 2.05) is 42.5 Å². The fraction of sp³-hybridized carbons (Fsp3) is 0.333. The van der Waals surface area contributed by atoms with E-state index in [1.54, 1.807) is 7.11 Å². The number of nitrogens with zero attached hydrogens (tertiary/aromatic N) is 3. The lowest BCUT2D eigenvalue weighted by Crippen LogP contribution is -2.39. The van der Waals surface area contributed by atoms with Gasteiger partial charge in [-0.1, -0.05) is 24.3 Å². The van der Waals surface area contributed by atoms with Crippen molar-refractivity contribution in [2.45, 2.75) is 0 Å². The number of methoxy groups -OCH3 is 1. The summed E-state index contributed by atoms with van der Waals surface area (Å²) in [7, 11) is 1.67. The smallest absolute Gasteiger partial charge is 0.165 e. The molecule has 0 radical (unpaired) electrons. The number of rotatable bonds is 6. The molecule has 4 rings (SSSR count). The van der Waals surface area contributed by atoms with E-state index in [9.17, 15) is 0 Å². The van der Waals surface area contributed by atoms with Gasteiger partial charge < -0.3 is 14.8 Å². The molecule has 0 amide bonds. The van der Waals surface area contributed by atoms with Crippen LogP contribution in [0.15, 0.2) is 48.5 Å². The first-order valence-electron chi connectivity index (χ1n) is 9.29. The predicted octanol–water partition coefficient (Wildman–Crippen LogP) is 3.05. The van der Waals surface area contributed by atoms with Gasteiger partial charge in [0.15, 0.2) is 5.82 Å².